The molecule has 2 nitrogen and oxygen atoms in total. The first kappa shape index (κ1) is 17.2. The van der Waals surface area contributed by atoms with Crippen molar-refractivity contribution in [2.24, 2.45) is 28.6 Å². The van der Waals surface area contributed by atoms with Crippen LogP contribution in [0.25, 0.3) is 0 Å². The molecule has 0 amide bonds. The van der Waals surface area contributed by atoms with Gasteiger partial charge in [-0.05, 0) is 74.3 Å². The molecule has 25 heavy (non-hydrogen) atoms. The van der Waals surface area contributed by atoms with Crippen LogP contribution in [0.5, 0.6) is 0 Å². The number of unbranched alkanes of at least 4 members (excludes halogenated alkanes) is 1. The Morgan fingerprint density at radius 2 is 1.88 bits per heavy atom. The maximum Gasteiger partial charge on any atom is 0.181 e. The minimum atomic E-state index is -0.0576. The van der Waals surface area contributed by atoms with Crippen LogP contribution in [0.2, 0.25) is 0 Å². The molecule has 4 aliphatic carbocycles. The fourth-order valence-electron chi connectivity index (χ4n) is 6.71. The van der Waals surface area contributed by atoms with Crippen molar-refractivity contribution in [3.05, 3.63) is 23.3 Å². The summed E-state index contributed by atoms with van der Waals surface area (Å²) in [7, 11) is 0. The van der Waals surface area contributed by atoms with Crippen molar-refractivity contribution in [1.82, 2.24) is 0 Å². The van der Waals surface area contributed by atoms with Crippen molar-refractivity contribution in [3.63, 3.8) is 0 Å². The van der Waals surface area contributed by atoms with Crippen LogP contribution in [-0.2, 0) is 9.59 Å². The summed E-state index contributed by atoms with van der Waals surface area (Å²) in [5.41, 5.74) is 2.40. The fraction of sp³-hybridized carbons (Fsp3) is 0.739. The number of fused-ring (bicyclic) bond motifs is 5. The fourth-order valence-corrected chi connectivity index (χ4v) is 6.71. The average Bonchev–Trinajstić information content (AvgIpc) is 2.89. The smallest absolute Gasteiger partial charge is 0.181 e. The average molecular weight is 341 g/mol. The lowest BCUT2D eigenvalue weighted by molar-refractivity contribution is -0.131. The molecule has 0 bridgehead atoms. The molecule has 0 aliphatic heterocycles. The molecule has 0 unspecified atom stereocenters. The molecule has 3 fully saturated rings. The van der Waals surface area contributed by atoms with Crippen LogP contribution in [0.4, 0.5) is 0 Å². The number of rotatable bonds is 3. The van der Waals surface area contributed by atoms with Crippen molar-refractivity contribution in [3.8, 4) is 0 Å². The van der Waals surface area contributed by atoms with Gasteiger partial charge in [0.15, 0.2) is 5.78 Å². The SMILES string of the molecule is CCCCC1=C[C@@]2(C)C(=CC1=O)CC[C@@H]1[C@@H]2CC[C@]2(C)C(=O)CC[C@@H]12. The second-order valence-corrected chi connectivity index (χ2v) is 9.42. The van der Waals surface area contributed by atoms with Crippen LogP contribution in [0.3, 0.4) is 0 Å². The minimum absolute atomic E-state index is 0.0485. The molecule has 0 aromatic carbocycles. The van der Waals surface area contributed by atoms with Gasteiger partial charge in [-0.15, -0.1) is 0 Å². The largest absolute Gasteiger partial charge is 0.299 e. The first-order valence-electron chi connectivity index (χ1n) is 10.4. The van der Waals surface area contributed by atoms with E-state index in [0.29, 0.717) is 23.5 Å². The molecule has 0 heterocycles. The number of ketones is 2. The third-order valence-corrected chi connectivity index (χ3v) is 8.25. The minimum Gasteiger partial charge on any atom is -0.299 e. The summed E-state index contributed by atoms with van der Waals surface area (Å²) in [6.45, 7) is 6.81. The zero-order valence-electron chi connectivity index (χ0n) is 16.1. The standard InChI is InChI=1S/C23H32O2/c1-4-5-6-15-14-23(3)16(13-20(15)24)7-8-17-18-9-10-21(25)22(18,2)12-11-19(17)23/h13-14,17-19H,4-12H2,1-3H3/t17-,18-,19-,22-,23-/m0/s1. The molecule has 136 valence electrons. The first-order chi connectivity index (χ1) is 11.9. The van der Waals surface area contributed by atoms with Gasteiger partial charge in [0.2, 0.25) is 0 Å². The molecule has 0 N–H and O–H groups in total. The predicted molar refractivity (Wildman–Crippen MR) is 100 cm³/mol. The maximum absolute atomic E-state index is 12.5. The normalized spacial score (nSPS) is 43.1. The van der Waals surface area contributed by atoms with E-state index in [-0.39, 0.29) is 16.6 Å². The van der Waals surface area contributed by atoms with Gasteiger partial charge in [0.25, 0.3) is 0 Å². The van der Waals surface area contributed by atoms with Gasteiger partial charge in [0.05, 0.1) is 0 Å². The van der Waals surface area contributed by atoms with Crippen molar-refractivity contribution < 1.29 is 9.59 Å². The third-order valence-electron chi connectivity index (χ3n) is 8.25. The molecule has 0 radical (unpaired) electrons. The van der Waals surface area contributed by atoms with E-state index in [9.17, 15) is 9.59 Å². The Kier molecular flexibility index (Phi) is 4.09. The summed E-state index contributed by atoms with van der Waals surface area (Å²) in [6.07, 6.45) is 13.8. The Morgan fingerprint density at radius 1 is 1.08 bits per heavy atom. The Balaban J connectivity index is 1.68. The second kappa shape index (κ2) is 5.93. The molecule has 0 aromatic rings. The number of Topliss-reactive ketones (excluding diaryl/α,β-unsaturated/α-hetero) is 1. The predicted octanol–water partition coefficient (Wildman–Crippen LogP) is 5.42. The maximum atomic E-state index is 12.5. The summed E-state index contributed by atoms with van der Waals surface area (Å²) in [5, 5.41) is 0. The molecular formula is C23H32O2. The van der Waals surface area contributed by atoms with E-state index in [1.807, 2.05) is 6.08 Å². The summed E-state index contributed by atoms with van der Waals surface area (Å²) in [5.74, 6) is 2.61. The number of carbonyl (C=O) groups is 2. The molecule has 4 aliphatic rings. The van der Waals surface area contributed by atoms with Crippen LogP contribution >= 0.6 is 0 Å². The van der Waals surface area contributed by atoms with Crippen molar-refractivity contribution in [2.45, 2.75) is 78.6 Å². The lowest BCUT2D eigenvalue weighted by Crippen LogP contribution is -2.50. The van der Waals surface area contributed by atoms with E-state index in [4.69, 9.17) is 0 Å². The number of carbonyl (C=O) groups excluding carboxylic acids is 2. The lowest BCUT2D eigenvalue weighted by Gasteiger charge is -2.55. The zero-order chi connectivity index (χ0) is 17.8. The van der Waals surface area contributed by atoms with Crippen LogP contribution in [0.1, 0.15) is 78.6 Å². The molecule has 2 heteroatoms. The highest BCUT2D eigenvalue weighted by Crippen LogP contribution is 2.63. The van der Waals surface area contributed by atoms with E-state index in [0.717, 1.165) is 56.9 Å². The van der Waals surface area contributed by atoms with Gasteiger partial charge in [-0.1, -0.05) is 38.8 Å². The van der Waals surface area contributed by atoms with E-state index < -0.39 is 0 Å². The Hall–Kier alpha value is -1.18. The quantitative estimate of drug-likeness (QED) is 0.687. The Bertz CT molecular complexity index is 670. The van der Waals surface area contributed by atoms with Crippen molar-refractivity contribution >= 4 is 11.6 Å². The number of hydrogen-bond donors (Lipinski definition) is 0. The van der Waals surface area contributed by atoms with Gasteiger partial charge >= 0.3 is 0 Å². The molecule has 0 spiro atoms. The van der Waals surface area contributed by atoms with Gasteiger partial charge < -0.3 is 0 Å². The molecule has 0 saturated heterocycles. The van der Waals surface area contributed by atoms with Crippen LogP contribution in [0, 0.1) is 28.6 Å². The van der Waals surface area contributed by atoms with E-state index in [1.165, 1.54) is 12.0 Å². The summed E-state index contributed by atoms with van der Waals surface area (Å²) < 4.78 is 0. The van der Waals surface area contributed by atoms with Gasteiger partial charge in [-0.2, -0.15) is 0 Å². The summed E-state index contributed by atoms with van der Waals surface area (Å²) in [6, 6.07) is 0. The lowest BCUT2D eigenvalue weighted by atomic mass is 9.48. The second-order valence-electron chi connectivity index (χ2n) is 9.42. The first-order valence-corrected chi connectivity index (χ1v) is 10.4. The third kappa shape index (κ3) is 2.43. The van der Waals surface area contributed by atoms with Crippen LogP contribution < -0.4 is 0 Å². The topological polar surface area (TPSA) is 34.1 Å². The highest BCUT2D eigenvalue weighted by atomic mass is 16.1. The monoisotopic (exact) mass is 340 g/mol. The summed E-state index contributed by atoms with van der Waals surface area (Å²) >= 11 is 0. The molecule has 5 atom stereocenters. The molecule has 4 rings (SSSR count). The van der Waals surface area contributed by atoms with Gasteiger partial charge in [-0.25, -0.2) is 0 Å². The highest BCUT2D eigenvalue weighted by Gasteiger charge is 2.58. The zero-order valence-corrected chi connectivity index (χ0v) is 16.1. The van der Waals surface area contributed by atoms with E-state index >= 15 is 0 Å². The molecular weight excluding hydrogens is 308 g/mol. The Morgan fingerprint density at radius 3 is 2.64 bits per heavy atom. The highest BCUT2D eigenvalue weighted by molar-refractivity contribution is 6.05. The van der Waals surface area contributed by atoms with Crippen molar-refractivity contribution in [2.75, 3.05) is 0 Å². The van der Waals surface area contributed by atoms with Gasteiger partial charge in [-0.3, -0.25) is 9.59 Å². The van der Waals surface area contributed by atoms with Gasteiger partial charge in [0, 0.05) is 17.3 Å². The van der Waals surface area contributed by atoms with Gasteiger partial charge in [0.1, 0.15) is 5.78 Å². The van der Waals surface area contributed by atoms with Crippen LogP contribution in [0.15, 0.2) is 23.3 Å². The van der Waals surface area contributed by atoms with Crippen LogP contribution in [-0.4, -0.2) is 11.6 Å². The number of allylic oxidation sites excluding steroid dienone is 4. The summed E-state index contributed by atoms with van der Waals surface area (Å²) in [4.78, 5) is 25.1. The van der Waals surface area contributed by atoms with E-state index in [2.05, 4.69) is 26.8 Å². The van der Waals surface area contributed by atoms with E-state index in [1.54, 1.807) is 0 Å². The number of hydrogen-bond acceptors (Lipinski definition) is 2. The molecule has 3 saturated carbocycles. The molecule has 0 aromatic heterocycles. The Labute approximate surface area is 152 Å². The van der Waals surface area contributed by atoms with Crippen molar-refractivity contribution in [1.29, 1.82) is 0 Å².